The molecule has 0 saturated heterocycles. The summed E-state index contributed by atoms with van der Waals surface area (Å²) in [4.78, 5) is 0. The standard InChI is InChI=1S/C40H30.C2H6/c1-40(2,3)35-23-32-15-11-27-16-18-36(37-19-17-33(24-35)38(32)39(27)37)31-14-10-26-9-13-30(21-34(26)22-31)29-12-8-25-6-4-5-7-28(25)20-29;1-2/h4-24H,1-3H3;1-2H3. The normalized spacial score (nSPS) is 11.9. The van der Waals surface area contributed by atoms with Crippen molar-refractivity contribution in [3.8, 4) is 22.3 Å². The lowest BCUT2D eigenvalue weighted by atomic mass is 9.82. The molecule has 0 aromatic heterocycles. The van der Waals surface area contributed by atoms with Gasteiger partial charge in [-0.2, -0.15) is 0 Å². The van der Waals surface area contributed by atoms with Crippen molar-refractivity contribution in [3.63, 3.8) is 0 Å². The van der Waals surface area contributed by atoms with Crippen LogP contribution in [0.15, 0.2) is 127 Å². The van der Waals surface area contributed by atoms with Gasteiger partial charge in [-0.3, -0.25) is 0 Å². The van der Waals surface area contributed by atoms with E-state index in [2.05, 4.69) is 148 Å². The van der Waals surface area contributed by atoms with Crippen molar-refractivity contribution in [3.05, 3.63) is 133 Å². The minimum Gasteiger partial charge on any atom is -0.0683 e. The van der Waals surface area contributed by atoms with Gasteiger partial charge in [-0.25, -0.2) is 0 Å². The Labute approximate surface area is 248 Å². The summed E-state index contributed by atoms with van der Waals surface area (Å²) in [5.74, 6) is 0. The Bertz CT molecular complexity index is 2220. The van der Waals surface area contributed by atoms with Crippen molar-refractivity contribution in [2.24, 2.45) is 0 Å². The first kappa shape index (κ1) is 26.2. The van der Waals surface area contributed by atoms with Crippen LogP contribution in [-0.2, 0) is 5.41 Å². The fourth-order valence-corrected chi connectivity index (χ4v) is 6.47. The van der Waals surface area contributed by atoms with E-state index < -0.39 is 0 Å². The van der Waals surface area contributed by atoms with Crippen molar-refractivity contribution < 1.29 is 0 Å². The Morgan fingerprint density at radius 2 is 0.881 bits per heavy atom. The molecule has 0 bridgehead atoms. The summed E-state index contributed by atoms with van der Waals surface area (Å²) >= 11 is 0. The highest BCUT2D eigenvalue weighted by molar-refractivity contribution is 6.25. The molecule has 0 N–H and O–H groups in total. The van der Waals surface area contributed by atoms with Gasteiger partial charge < -0.3 is 0 Å². The van der Waals surface area contributed by atoms with Crippen LogP contribution in [0.1, 0.15) is 40.2 Å². The molecular formula is C42H36. The Hall–Kier alpha value is -4.68. The molecule has 0 heterocycles. The Morgan fingerprint density at radius 3 is 1.57 bits per heavy atom. The van der Waals surface area contributed by atoms with Crippen molar-refractivity contribution >= 4 is 53.9 Å². The summed E-state index contributed by atoms with van der Waals surface area (Å²) in [5, 5.41) is 13.1. The molecule has 0 spiro atoms. The molecule has 0 aliphatic heterocycles. The van der Waals surface area contributed by atoms with Gasteiger partial charge in [0.1, 0.15) is 0 Å². The molecule has 0 nitrogen and oxygen atoms in total. The van der Waals surface area contributed by atoms with Crippen LogP contribution in [0.3, 0.4) is 0 Å². The first-order valence-electron chi connectivity index (χ1n) is 15.2. The molecule has 0 heteroatoms. The molecule has 204 valence electrons. The summed E-state index contributed by atoms with van der Waals surface area (Å²) < 4.78 is 0. The van der Waals surface area contributed by atoms with Crippen LogP contribution in [0.4, 0.5) is 0 Å². The van der Waals surface area contributed by atoms with Crippen LogP contribution in [0.2, 0.25) is 0 Å². The first-order chi connectivity index (χ1) is 20.4. The third-order valence-corrected chi connectivity index (χ3v) is 8.70. The van der Waals surface area contributed by atoms with Gasteiger partial charge in [-0.05, 0) is 105 Å². The molecular weight excluding hydrogens is 504 g/mol. The van der Waals surface area contributed by atoms with Crippen molar-refractivity contribution in [1.29, 1.82) is 0 Å². The van der Waals surface area contributed by atoms with Crippen molar-refractivity contribution in [2.45, 2.75) is 40.0 Å². The first-order valence-corrected chi connectivity index (χ1v) is 15.2. The lowest BCUT2D eigenvalue weighted by molar-refractivity contribution is 0.591. The van der Waals surface area contributed by atoms with Gasteiger partial charge in [0, 0.05) is 0 Å². The maximum Gasteiger partial charge on any atom is -0.00206 e. The third kappa shape index (κ3) is 4.30. The van der Waals surface area contributed by atoms with Crippen molar-refractivity contribution in [1.82, 2.24) is 0 Å². The highest BCUT2D eigenvalue weighted by atomic mass is 14.2. The number of benzene rings is 8. The van der Waals surface area contributed by atoms with E-state index in [9.17, 15) is 0 Å². The van der Waals surface area contributed by atoms with Crippen LogP contribution < -0.4 is 0 Å². The lowest BCUT2D eigenvalue weighted by Gasteiger charge is -2.22. The second-order valence-corrected chi connectivity index (χ2v) is 12.3. The molecule has 8 aromatic rings. The summed E-state index contributed by atoms with van der Waals surface area (Å²) in [5.41, 5.74) is 6.56. The molecule has 0 aliphatic rings. The fourth-order valence-electron chi connectivity index (χ4n) is 6.47. The average molecular weight is 541 g/mol. The third-order valence-electron chi connectivity index (χ3n) is 8.70. The van der Waals surface area contributed by atoms with E-state index in [1.807, 2.05) is 13.8 Å². The van der Waals surface area contributed by atoms with E-state index in [4.69, 9.17) is 0 Å². The van der Waals surface area contributed by atoms with Crippen LogP contribution in [0, 0.1) is 0 Å². The number of hydrogen-bond donors (Lipinski definition) is 0. The van der Waals surface area contributed by atoms with Gasteiger partial charge in [0.05, 0.1) is 0 Å². The molecule has 42 heavy (non-hydrogen) atoms. The second kappa shape index (κ2) is 10.00. The van der Waals surface area contributed by atoms with Crippen LogP contribution in [0.25, 0.3) is 76.1 Å². The van der Waals surface area contributed by atoms with E-state index in [1.165, 1.54) is 81.7 Å². The monoisotopic (exact) mass is 540 g/mol. The second-order valence-electron chi connectivity index (χ2n) is 12.3. The molecule has 0 unspecified atom stereocenters. The van der Waals surface area contributed by atoms with Gasteiger partial charge in [0.2, 0.25) is 0 Å². The van der Waals surface area contributed by atoms with E-state index >= 15 is 0 Å². The minimum absolute atomic E-state index is 0.117. The lowest BCUT2D eigenvalue weighted by Crippen LogP contribution is -2.10. The molecule has 8 aromatic carbocycles. The van der Waals surface area contributed by atoms with Crippen molar-refractivity contribution in [2.75, 3.05) is 0 Å². The van der Waals surface area contributed by atoms with Gasteiger partial charge in [-0.15, -0.1) is 0 Å². The van der Waals surface area contributed by atoms with Gasteiger partial charge in [0.25, 0.3) is 0 Å². The summed E-state index contributed by atoms with van der Waals surface area (Å²) in [7, 11) is 0. The van der Waals surface area contributed by atoms with Crippen LogP contribution in [-0.4, -0.2) is 0 Å². The zero-order chi connectivity index (χ0) is 29.0. The fraction of sp³-hybridized carbons (Fsp3) is 0.143. The van der Waals surface area contributed by atoms with Gasteiger partial charge in [-0.1, -0.05) is 144 Å². The summed E-state index contributed by atoms with van der Waals surface area (Å²) in [6.07, 6.45) is 0. The predicted octanol–water partition coefficient (Wildman–Crippen LogP) is 12.5. The van der Waals surface area contributed by atoms with Gasteiger partial charge >= 0.3 is 0 Å². The zero-order valence-corrected chi connectivity index (χ0v) is 25.1. The molecule has 0 saturated carbocycles. The number of fused-ring (bicyclic) bond motifs is 2. The zero-order valence-electron chi connectivity index (χ0n) is 25.1. The Morgan fingerprint density at radius 1 is 0.381 bits per heavy atom. The average Bonchev–Trinajstić information content (AvgIpc) is 3.03. The Kier molecular flexibility index (Phi) is 6.24. The minimum atomic E-state index is 0.117. The summed E-state index contributed by atoms with van der Waals surface area (Å²) in [6, 6.07) is 47.7. The van der Waals surface area contributed by atoms with Gasteiger partial charge in [0.15, 0.2) is 0 Å². The van der Waals surface area contributed by atoms with E-state index in [-0.39, 0.29) is 5.41 Å². The molecule has 8 rings (SSSR count). The highest BCUT2D eigenvalue weighted by Crippen LogP contribution is 2.41. The maximum atomic E-state index is 2.39. The molecule has 0 fully saturated rings. The highest BCUT2D eigenvalue weighted by Gasteiger charge is 2.18. The largest absolute Gasteiger partial charge is 0.0683 e. The predicted molar refractivity (Wildman–Crippen MR) is 186 cm³/mol. The molecule has 0 radical (unpaired) electrons. The quantitative estimate of drug-likeness (QED) is 0.191. The van der Waals surface area contributed by atoms with E-state index in [0.717, 1.165) is 0 Å². The van der Waals surface area contributed by atoms with E-state index in [1.54, 1.807) is 0 Å². The topological polar surface area (TPSA) is 0 Å². The maximum absolute atomic E-state index is 2.39. The van der Waals surface area contributed by atoms with Crippen LogP contribution in [0.5, 0.6) is 0 Å². The summed E-state index contributed by atoms with van der Waals surface area (Å²) in [6.45, 7) is 10.9. The SMILES string of the molecule is CC.CC(C)(C)c1cc2ccc3ccc(-c4ccc5ccc(-c6ccc7ccccc7c6)cc5c4)c4ccc(c1)c2c34. The molecule has 0 aliphatic carbocycles. The number of rotatable bonds is 2. The van der Waals surface area contributed by atoms with E-state index in [0.29, 0.717) is 0 Å². The van der Waals surface area contributed by atoms with Crippen LogP contribution >= 0.6 is 0 Å². The Balaban J connectivity index is 0.00000141. The number of hydrogen-bond acceptors (Lipinski definition) is 0. The molecule has 0 amide bonds. The molecule has 0 atom stereocenters. The smallest absolute Gasteiger partial charge is 0.00206 e.